The van der Waals surface area contributed by atoms with Crippen molar-refractivity contribution in [1.82, 2.24) is 5.32 Å². The van der Waals surface area contributed by atoms with Crippen molar-refractivity contribution < 1.29 is 9.18 Å². The van der Waals surface area contributed by atoms with Crippen molar-refractivity contribution in [3.05, 3.63) is 95.3 Å². The molecule has 0 aromatic heterocycles. The third-order valence-electron chi connectivity index (χ3n) is 4.41. The molecule has 0 fully saturated rings. The van der Waals surface area contributed by atoms with E-state index in [0.29, 0.717) is 16.4 Å². The van der Waals surface area contributed by atoms with Crippen molar-refractivity contribution in [1.29, 1.82) is 5.26 Å². The zero-order valence-corrected chi connectivity index (χ0v) is 17.0. The van der Waals surface area contributed by atoms with Crippen LogP contribution in [0.15, 0.2) is 72.8 Å². The van der Waals surface area contributed by atoms with Crippen LogP contribution in [0, 0.1) is 17.1 Å². The first kappa shape index (κ1) is 21.0. The zero-order valence-electron chi connectivity index (χ0n) is 16.1. The molecule has 0 spiro atoms. The minimum Gasteiger partial charge on any atom is -0.356 e. The lowest BCUT2D eigenvalue weighted by Gasteiger charge is -2.17. The number of carbonyl (C=O) groups excluding carboxylic acids is 1. The van der Waals surface area contributed by atoms with Gasteiger partial charge in [-0.25, -0.2) is 4.39 Å². The molecule has 1 amide bonds. The average Bonchev–Trinajstić information content (AvgIpc) is 2.75. The highest BCUT2D eigenvalue weighted by Crippen LogP contribution is 2.17. The zero-order chi connectivity index (χ0) is 21.5. The Bertz CT molecular complexity index is 1090. The van der Waals surface area contributed by atoms with Gasteiger partial charge in [-0.05, 0) is 73.2 Å². The second kappa shape index (κ2) is 9.63. The number of hydrogen-bond acceptors (Lipinski definition) is 3. The Morgan fingerprint density at radius 1 is 0.967 bits per heavy atom. The predicted molar refractivity (Wildman–Crippen MR) is 120 cm³/mol. The van der Waals surface area contributed by atoms with Crippen LogP contribution in [-0.2, 0) is 0 Å². The molecule has 0 saturated carbocycles. The summed E-state index contributed by atoms with van der Waals surface area (Å²) in [6.07, 6.45) is 0. The van der Waals surface area contributed by atoms with E-state index in [-0.39, 0.29) is 11.6 Å². The number of halogens is 1. The van der Waals surface area contributed by atoms with Gasteiger partial charge in [-0.2, -0.15) is 5.26 Å². The fourth-order valence-electron chi connectivity index (χ4n) is 2.77. The van der Waals surface area contributed by atoms with Gasteiger partial charge in [-0.3, -0.25) is 4.79 Å². The van der Waals surface area contributed by atoms with Gasteiger partial charge in [0.1, 0.15) is 5.82 Å². The van der Waals surface area contributed by atoms with Gasteiger partial charge in [0.2, 0.25) is 0 Å². The van der Waals surface area contributed by atoms with E-state index in [1.54, 1.807) is 42.5 Å². The highest BCUT2D eigenvalue weighted by Gasteiger charge is 2.11. The Morgan fingerprint density at radius 2 is 1.57 bits per heavy atom. The second-order valence-electron chi connectivity index (χ2n) is 6.57. The Morgan fingerprint density at radius 3 is 2.17 bits per heavy atom. The third-order valence-corrected chi connectivity index (χ3v) is 4.63. The summed E-state index contributed by atoms with van der Waals surface area (Å²) in [6, 6.07) is 22.1. The number of rotatable bonds is 5. The Hall–Kier alpha value is -3.76. The number of benzene rings is 3. The van der Waals surface area contributed by atoms with Gasteiger partial charge in [-0.15, -0.1) is 0 Å². The van der Waals surface area contributed by atoms with E-state index in [2.05, 4.69) is 22.0 Å². The van der Waals surface area contributed by atoms with Crippen molar-refractivity contribution in [2.24, 2.45) is 0 Å². The molecule has 1 atom stereocenters. The topological polar surface area (TPSA) is 76.9 Å². The van der Waals surface area contributed by atoms with Gasteiger partial charge >= 0.3 is 0 Å². The van der Waals surface area contributed by atoms with Gasteiger partial charge in [0.15, 0.2) is 5.11 Å². The summed E-state index contributed by atoms with van der Waals surface area (Å²) >= 11 is 5.36. The number of hydrogen-bond donors (Lipinski definition) is 3. The van der Waals surface area contributed by atoms with Crippen LogP contribution in [0.1, 0.15) is 34.5 Å². The van der Waals surface area contributed by atoms with Crippen molar-refractivity contribution in [2.45, 2.75) is 13.0 Å². The van der Waals surface area contributed by atoms with Crippen LogP contribution in [0.2, 0.25) is 0 Å². The summed E-state index contributed by atoms with van der Waals surface area (Å²) in [6.45, 7) is 1.97. The minimum atomic E-state index is -0.568. The van der Waals surface area contributed by atoms with Gasteiger partial charge in [0.25, 0.3) is 5.91 Å². The lowest BCUT2D eigenvalue weighted by Crippen LogP contribution is -2.30. The summed E-state index contributed by atoms with van der Waals surface area (Å²) in [5, 5.41) is 18.2. The fraction of sp³-hybridized carbons (Fsp3) is 0.0870. The van der Waals surface area contributed by atoms with E-state index in [9.17, 15) is 9.18 Å². The van der Waals surface area contributed by atoms with Crippen LogP contribution < -0.4 is 16.0 Å². The molecule has 1 unspecified atom stereocenters. The largest absolute Gasteiger partial charge is 0.356 e. The van der Waals surface area contributed by atoms with Crippen LogP contribution in [0.3, 0.4) is 0 Å². The van der Waals surface area contributed by atoms with Crippen molar-refractivity contribution >= 4 is 34.6 Å². The molecule has 3 aromatic carbocycles. The summed E-state index contributed by atoms with van der Waals surface area (Å²) in [7, 11) is 0. The number of nitriles is 1. The van der Waals surface area contributed by atoms with Crippen LogP contribution in [0.5, 0.6) is 0 Å². The number of thiocarbonyl (C=S) groups is 1. The van der Waals surface area contributed by atoms with Gasteiger partial charge < -0.3 is 16.0 Å². The number of nitrogens with one attached hydrogen (secondary N) is 3. The lowest BCUT2D eigenvalue weighted by molar-refractivity contribution is 0.102. The first-order valence-electron chi connectivity index (χ1n) is 9.20. The first-order chi connectivity index (χ1) is 14.5. The minimum absolute atomic E-state index is 0.0122. The molecule has 3 rings (SSSR count). The lowest BCUT2D eigenvalue weighted by atomic mass is 10.1. The van der Waals surface area contributed by atoms with Gasteiger partial charge in [0, 0.05) is 11.4 Å². The van der Waals surface area contributed by atoms with Crippen molar-refractivity contribution in [2.75, 3.05) is 10.6 Å². The Balaban J connectivity index is 1.55. The highest BCUT2D eigenvalue weighted by molar-refractivity contribution is 7.80. The molecule has 0 aliphatic carbocycles. The van der Waals surface area contributed by atoms with E-state index in [1.807, 2.05) is 19.1 Å². The van der Waals surface area contributed by atoms with Crippen molar-refractivity contribution in [3.8, 4) is 6.07 Å². The summed E-state index contributed by atoms with van der Waals surface area (Å²) in [5.74, 6) is -1.08. The normalized spacial score (nSPS) is 11.1. The quantitative estimate of drug-likeness (QED) is 0.509. The van der Waals surface area contributed by atoms with E-state index in [4.69, 9.17) is 17.5 Å². The molecule has 0 aliphatic rings. The first-order valence-corrected chi connectivity index (χ1v) is 9.60. The molecule has 5 nitrogen and oxygen atoms in total. The summed E-state index contributed by atoms with van der Waals surface area (Å²) < 4.78 is 13.7. The molecule has 7 heteroatoms. The van der Waals surface area contributed by atoms with Crippen LogP contribution >= 0.6 is 12.2 Å². The predicted octanol–water partition coefficient (Wildman–Crippen LogP) is 5.00. The van der Waals surface area contributed by atoms with Crippen LogP contribution in [-0.4, -0.2) is 11.0 Å². The van der Waals surface area contributed by atoms with Gasteiger partial charge in [0.05, 0.1) is 23.2 Å². The monoisotopic (exact) mass is 418 g/mol. The fourth-order valence-corrected chi connectivity index (χ4v) is 3.07. The Labute approximate surface area is 179 Å². The molecular weight excluding hydrogens is 399 g/mol. The maximum absolute atomic E-state index is 13.7. The van der Waals surface area contributed by atoms with Crippen molar-refractivity contribution in [3.63, 3.8) is 0 Å². The second-order valence-corrected chi connectivity index (χ2v) is 6.97. The number of anilines is 2. The maximum atomic E-state index is 13.7. The molecule has 3 N–H and O–H groups in total. The maximum Gasteiger partial charge on any atom is 0.258 e. The molecule has 0 radical (unpaired) electrons. The Kier molecular flexibility index (Phi) is 6.73. The van der Waals surface area contributed by atoms with Crippen LogP contribution in [0.25, 0.3) is 0 Å². The SMILES string of the molecule is CC(NC(=S)Nc1ccc(NC(=O)c2ccccc2F)cc1)c1ccc(C#N)cc1. The summed E-state index contributed by atoms with van der Waals surface area (Å²) in [4.78, 5) is 12.2. The van der Waals surface area contributed by atoms with E-state index in [0.717, 1.165) is 11.3 Å². The molecule has 0 heterocycles. The van der Waals surface area contributed by atoms with E-state index < -0.39 is 11.7 Å². The van der Waals surface area contributed by atoms with E-state index >= 15 is 0 Å². The standard InChI is InChI=1S/C23H19FN4OS/c1-15(17-8-6-16(14-25)7-9-17)26-23(30)28-19-12-10-18(11-13-19)27-22(29)20-4-2-3-5-21(20)24/h2-13,15H,1H3,(H,27,29)(H2,26,28,30). The molecule has 0 bridgehead atoms. The molecule has 0 aliphatic heterocycles. The smallest absolute Gasteiger partial charge is 0.258 e. The van der Waals surface area contributed by atoms with E-state index in [1.165, 1.54) is 18.2 Å². The highest BCUT2D eigenvalue weighted by atomic mass is 32.1. The molecule has 30 heavy (non-hydrogen) atoms. The summed E-state index contributed by atoms with van der Waals surface area (Å²) in [5.41, 5.74) is 2.88. The molecule has 3 aromatic rings. The number of carbonyl (C=O) groups is 1. The molecule has 0 saturated heterocycles. The number of amides is 1. The average molecular weight is 418 g/mol. The van der Waals surface area contributed by atoms with Crippen LogP contribution in [0.4, 0.5) is 15.8 Å². The third kappa shape index (κ3) is 5.40. The number of nitrogens with zero attached hydrogens (tertiary/aromatic N) is 1. The molecular formula is C23H19FN4OS. The van der Waals surface area contributed by atoms with Gasteiger partial charge in [-0.1, -0.05) is 24.3 Å². The molecule has 150 valence electrons.